The van der Waals surface area contributed by atoms with E-state index in [1.54, 1.807) is 0 Å². The van der Waals surface area contributed by atoms with Crippen molar-refractivity contribution in [2.24, 2.45) is 11.7 Å². The lowest BCUT2D eigenvalue weighted by molar-refractivity contribution is 0.318. The highest BCUT2D eigenvalue weighted by Crippen LogP contribution is 2.31. The van der Waals surface area contributed by atoms with Gasteiger partial charge in [-0.3, -0.25) is 5.41 Å². The van der Waals surface area contributed by atoms with Crippen LogP contribution in [0.15, 0.2) is 22.7 Å². The number of rotatable bonds is 5. The van der Waals surface area contributed by atoms with Gasteiger partial charge in [-0.25, -0.2) is 0 Å². The molecular weight excluding hydrogens is 290 g/mol. The summed E-state index contributed by atoms with van der Waals surface area (Å²) >= 11 is 3.50. The van der Waals surface area contributed by atoms with Crippen molar-refractivity contribution in [2.45, 2.75) is 26.2 Å². The van der Waals surface area contributed by atoms with E-state index in [0.717, 1.165) is 34.7 Å². The summed E-state index contributed by atoms with van der Waals surface area (Å²) in [5.74, 6) is 0.952. The largest absolute Gasteiger partial charge is 0.384 e. The Kier molecular flexibility index (Phi) is 4.27. The van der Waals surface area contributed by atoms with Crippen LogP contribution in [0.1, 0.15) is 31.7 Å². The van der Waals surface area contributed by atoms with Gasteiger partial charge in [0.05, 0.1) is 0 Å². The van der Waals surface area contributed by atoms with E-state index >= 15 is 0 Å². The molecule has 1 saturated carbocycles. The zero-order valence-corrected chi connectivity index (χ0v) is 12.3. The van der Waals surface area contributed by atoms with Crippen molar-refractivity contribution in [3.63, 3.8) is 0 Å². The molecule has 0 saturated heterocycles. The number of anilines is 1. The highest BCUT2D eigenvalue weighted by molar-refractivity contribution is 9.10. The Morgan fingerprint density at radius 3 is 2.72 bits per heavy atom. The van der Waals surface area contributed by atoms with E-state index in [4.69, 9.17) is 11.1 Å². The normalized spacial score (nSPS) is 15.2. The van der Waals surface area contributed by atoms with Gasteiger partial charge in [0.1, 0.15) is 5.84 Å². The van der Waals surface area contributed by atoms with Gasteiger partial charge in [0.15, 0.2) is 0 Å². The number of halogens is 1. The standard InChI is InChI=1S/C14H20BrN3/c1-2-18(9-10-4-3-5-10)13-8-11(15)6-7-12(13)14(16)17/h6-8,10H,2-5,9H2,1H3,(H3,16,17). The maximum Gasteiger partial charge on any atom is 0.124 e. The Morgan fingerprint density at radius 1 is 1.50 bits per heavy atom. The number of nitrogens with two attached hydrogens (primary N) is 1. The summed E-state index contributed by atoms with van der Waals surface area (Å²) in [5, 5.41) is 7.69. The van der Waals surface area contributed by atoms with E-state index in [-0.39, 0.29) is 5.84 Å². The number of nitrogens with one attached hydrogen (secondary N) is 1. The second kappa shape index (κ2) is 5.74. The predicted molar refractivity (Wildman–Crippen MR) is 80.4 cm³/mol. The van der Waals surface area contributed by atoms with Crippen LogP contribution in [0.3, 0.4) is 0 Å². The van der Waals surface area contributed by atoms with E-state index in [1.807, 2.05) is 12.1 Å². The summed E-state index contributed by atoms with van der Waals surface area (Å²) in [4.78, 5) is 2.34. The molecule has 0 spiro atoms. The van der Waals surface area contributed by atoms with Crippen LogP contribution in [0.5, 0.6) is 0 Å². The molecule has 1 aromatic carbocycles. The average molecular weight is 310 g/mol. The zero-order chi connectivity index (χ0) is 13.1. The maximum atomic E-state index is 7.69. The molecule has 0 aliphatic heterocycles. The van der Waals surface area contributed by atoms with Gasteiger partial charge in [-0.15, -0.1) is 0 Å². The van der Waals surface area contributed by atoms with Crippen molar-refractivity contribution in [1.29, 1.82) is 5.41 Å². The molecule has 0 atom stereocenters. The fraction of sp³-hybridized carbons (Fsp3) is 0.500. The minimum Gasteiger partial charge on any atom is -0.384 e. The Morgan fingerprint density at radius 2 is 2.22 bits per heavy atom. The molecule has 3 nitrogen and oxygen atoms in total. The molecule has 4 heteroatoms. The van der Waals surface area contributed by atoms with E-state index in [1.165, 1.54) is 19.3 Å². The first kappa shape index (κ1) is 13.4. The fourth-order valence-electron chi connectivity index (χ4n) is 2.38. The first-order chi connectivity index (χ1) is 8.61. The second-order valence-corrected chi connectivity index (χ2v) is 5.83. The quantitative estimate of drug-likeness (QED) is 0.647. The average Bonchev–Trinajstić information content (AvgIpc) is 2.27. The summed E-state index contributed by atoms with van der Waals surface area (Å²) in [6.45, 7) is 4.18. The molecule has 0 radical (unpaired) electrons. The first-order valence-corrected chi connectivity index (χ1v) is 7.30. The minimum atomic E-state index is 0.143. The topological polar surface area (TPSA) is 53.1 Å². The van der Waals surface area contributed by atoms with Crippen molar-refractivity contribution in [3.8, 4) is 0 Å². The van der Waals surface area contributed by atoms with Gasteiger partial charge in [0, 0.05) is 28.8 Å². The summed E-state index contributed by atoms with van der Waals surface area (Å²) < 4.78 is 1.04. The molecule has 3 N–H and O–H groups in total. The van der Waals surface area contributed by atoms with Gasteiger partial charge in [-0.05, 0) is 43.9 Å². The van der Waals surface area contributed by atoms with Crippen LogP contribution < -0.4 is 10.6 Å². The van der Waals surface area contributed by atoms with Gasteiger partial charge in [0.25, 0.3) is 0 Å². The fourth-order valence-corrected chi connectivity index (χ4v) is 2.73. The van der Waals surface area contributed by atoms with Gasteiger partial charge < -0.3 is 10.6 Å². The van der Waals surface area contributed by atoms with Crippen LogP contribution in [0.2, 0.25) is 0 Å². The molecule has 0 aromatic heterocycles. The highest BCUT2D eigenvalue weighted by atomic mass is 79.9. The lowest BCUT2D eigenvalue weighted by Gasteiger charge is -2.34. The summed E-state index contributed by atoms with van der Waals surface area (Å²) in [6, 6.07) is 5.93. The Bertz CT molecular complexity index is 441. The third-order valence-corrected chi connectivity index (χ3v) is 4.17. The maximum absolute atomic E-state index is 7.69. The number of benzene rings is 1. The molecule has 1 aliphatic carbocycles. The van der Waals surface area contributed by atoms with Crippen molar-refractivity contribution < 1.29 is 0 Å². The molecule has 18 heavy (non-hydrogen) atoms. The predicted octanol–water partition coefficient (Wildman–Crippen LogP) is 3.36. The van der Waals surface area contributed by atoms with Crippen molar-refractivity contribution >= 4 is 27.5 Å². The van der Waals surface area contributed by atoms with Crippen molar-refractivity contribution in [2.75, 3.05) is 18.0 Å². The third kappa shape index (κ3) is 2.86. The van der Waals surface area contributed by atoms with Crippen molar-refractivity contribution in [1.82, 2.24) is 0 Å². The van der Waals surface area contributed by atoms with Crippen LogP contribution >= 0.6 is 15.9 Å². The van der Waals surface area contributed by atoms with E-state index in [0.29, 0.717) is 0 Å². The molecule has 0 bridgehead atoms. The van der Waals surface area contributed by atoms with Gasteiger partial charge in [-0.2, -0.15) is 0 Å². The Hall–Kier alpha value is -1.03. The van der Waals surface area contributed by atoms with Crippen molar-refractivity contribution in [3.05, 3.63) is 28.2 Å². The Balaban J connectivity index is 2.26. The smallest absolute Gasteiger partial charge is 0.124 e. The molecule has 0 heterocycles. The molecule has 1 aliphatic rings. The molecule has 0 amide bonds. The van der Waals surface area contributed by atoms with Gasteiger partial charge in [-0.1, -0.05) is 22.4 Å². The van der Waals surface area contributed by atoms with Gasteiger partial charge in [0.2, 0.25) is 0 Å². The summed E-state index contributed by atoms with van der Waals surface area (Å²) in [5.41, 5.74) is 7.58. The zero-order valence-electron chi connectivity index (χ0n) is 10.7. The highest BCUT2D eigenvalue weighted by Gasteiger charge is 2.22. The lowest BCUT2D eigenvalue weighted by Crippen LogP contribution is -2.34. The van der Waals surface area contributed by atoms with E-state index < -0.39 is 0 Å². The van der Waals surface area contributed by atoms with Crippen LogP contribution in [-0.2, 0) is 0 Å². The van der Waals surface area contributed by atoms with Crippen LogP contribution in [0.25, 0.3) is 0 Å². The summed E-state index contributed by atoms with van der Waals surface area (Å²) in [6.07, 6.45) is 4.03. The Labute approximate surface area is 117 Å². The number of hydrogen-bond donors (Lipinski definition) is 2. The molecule has 98 valence electrons. The van der Waals surface area contributed by atoms with Crippen LogP contribution in [-0.4, -0.2) is 18.9 Å². The SMILES string of the molecule is CCN(CC1CCC1)c1cc(Br)ccc1C(=N)N. The number of nitrogen functional groups attached to an aromatic ring is 1. The molecular formula is C14H20BrN3. The number of amidine groups is 1. The lowest BCUT2D eigenvalue weighted by atomic mass is 9.85. The number of nitrogens with zero attached hydrogens (tertiary/aromatic N) is 1. The number of hydrogen-bond acceptors (Lipinski definition) is 2. The van der Waals surface area contributed by atoms with E-state index in [2.05, 4.69) is 33.8 Å². The molecule has 1 fully saturated rings. The monoisotopic (exact) mass is 309 g/mol. The second-order valence-electron chi connectivity index (χ2n) is 4.91. The van der Waals surface area contributed by atoms with E-state index in [9.17, 15) is 0 Å². The molecule has 0 unspecified atom stereocenters. The van der Waals surface area contributed by atoms with Crippen LogP contribution in [0, 0.1) is 11.3 Å². The first-order valence-electron chi connectivity index (χ1n) is 6.50. The third-order valence-electron chi connectivity index (χ3n) is 3.68. The molecule has 1 aromatic rings. The summed E-state index contributed by atoms with van der Waals surface area (Å²) in [7, 11) is 0. The van der Waals surface area contributed by atoms with Crippen LogP contribution in [0.4, 0.5) is 5.69 Å². The molecule has 2 rings (SSSR count). The van der Waals surface area contributed by atoms with Gasteiger partial charge >= 0.3 is 0 Å². The minimum absolute atomic E-state index is 0.143.